The fraction of sp³-hybridized carbons (Fsp3) is 0.357. The summed E-state index contributed by atoms with van der Waals surface area (Å²) in [5.74, 6) is 2.60. The highest BCUT2D eigenvalue weighted by Crippen LogP contribution is 2.43. The van der Waals surface area contributed by atoms with Crippen molar-refractivity contribution in [2.75, 3.05) is 37.5 Å². The van der Waals surface area contributed by atoms with E-state index in [9.17, 15) is 4.39 Å². The van der Waals surface area contributed by atoms with Crippen molar-refractivity contribution >= 4 is 17.5 Å². The maximum absolute atomic E-state index is 13.6. The Hall–Kier alpha value is -4.05. The predicted molar refractivity (Wildman–Crippen MR) is 142 cm³/mol. The summed E-state index contributed by atoms with van der Waals surface area (Å²) in [5.41, 5.74) is 4.57. The molecule has 10 heteroatoms. The van der Waals surface area contributed by atoms with Gasteiger partial charge in [-0.1, -0.05) is 12.1 Å². The van der Waals surface area contributed by atoms with Crippen LogP contribution in [-0.2, 0) is 11.2 Å². The number of aryl methyl sites for hydroxylation is 1. The third-order valence-corrected chi connectivity index (χ3v) is 7.43. The second-order valence-corrected chi connectivity index (χ2v) is 10.1. The Morgan fingerprint density at radius 3 is 2.55 bits per heavy atom. The van der Waals surface area contributed by atoms with Crippen LogP contribution in [0.15, 0.2) is 48.8 Å². The summed E-state index contributed by atoms with van der Waals surface area (Å²) in [4.78, 5) is 16.4. The summed E-state index contributed by atoms with van der Waals surface area (Å²) in [6.45, 7) is 5.46. The molecule has 38 heavy (non-hydrogen) atoms. The van der Waals surface area contributed by atoms with E-state index in [-0.39, 0.29) is 17.3 Å². The lowest BCUT2D eigenvalue weighted by Crippen LogP contribution is -2.61. The van der Waals surface area contributed by atoms with Crippen LogP contribution in [0.4, 0.5) is 21.8 Å². The quantitative estimate of drug-likeness (QED) is 0.383. The van der Waals surface area contributed by atoms with Crippen molar-refractivity contribution < 1.29 is 13.9 Å². The maximum Gasteiger partial charge on any atom is 0.229 e. The highest BCUT2D eigenvalue weighted by Gasteiger charge is 2.42. The number of hydrogen-bond acceptors (Lipinski definition) is 8. The molecule has 1 atom stereocenters. The van der Waals surface area contributed by atoms with Gasteiger partial charge in [-0.15, -0.1) is 0 Å². The first-order valence-electron chi connectivity index (χ1n) is 12.7. The molecule has 9 nitrogen and oxygen atoms in total. The number of nitrogens with zero attached hydrogens (tertiary/aromatic N) is 6. The van der Waals surface area contributed by atoms with Crippen molar-refractivity contribution in [3.63, 3.8) is 0 Å². The van der Waals surface area contributed by atoms with E-state index in [1.807, 2.05) is 37.3 Å². The fourth-order valence-corrected chi connectivity index (χ4v) is 5.36. The number of methoxy groups -OCH3 is 2. The Labute approximate surface area is 220 Å². The number of benzene rings is 2. The molecule has 1 aliphatic carbocycles. The van der Waals surface area contributed by atoms with Gasteiger partial charge in [0.05, 0.1) is 18.4 Å². The van der Waals surface area contributed by atoms with Crippen LogP contribution in [0.2, 0.25) is 0 Å². The molecule has 2 aliphatic rings. The number of ether oxygens (including phenoxy) is 2. The van der Waals surface area contributed by atoms with E-state index >= 15 is 0 Å². The van der Waals surface area contributed by atoms with Crippen molar-refractivity contribution in [1.29, 1.82) is 0 Å². The normalized spacial score (nSPS) is 17.7. The van der Waals surface area contributed by atoms with Crippen molar-refractivity contribution in [3.8, 4) is 11.4 Å². The Balaban J connectivity index is 1.36. The first kappa shape index (κ1) is 24.3. The van der Waals surface area contributed by atoms with Gasteiger partial charge in [-0.3, -0.25) is 0 Å². The van der Waals surface area contributed by atoms with Crippen LogP contribution in [0, 0.1) is 12.7 Å². The Kier molecular flexibility index (Phi) is 5.98. The van der Waals surface area contributed by atoms with E-state index in [0.29, 0.717) is 17.5 Å². The average molecular weight is 516 g/mol. The van der Waals surface area contributed by atoms with Gasteiger partial charge in [0.1, 0.15) is 35.2 Å². The minimum Gasteiger partial charge on any atom is -0.494 e. The SMILES string of the molecule is COc1cc(Nc2nc3c(c(N4CC(C)(OC)C4)n2)CCC3c2ccc(F)cc2)ccc1-n1cnc(C)n1. The van der Waals surface area contributed by atoms with Crippen LogP contribution in [-0.4, -0.2) is 57.6 Å². The molecule has 4 aromatic rings. The monoisotopic (exact) mass is 515 g/mol. The number of hydrogen-bond donors (Lipinski definition) is 1. The third-order valence-electron chi connectivity index (χ3n) is 7.43. The standard InChI is InChI=1S/C28H30FN7O2/c1-17-30-16-36(34-17)23-12-9-20(13-24(23)37-3)31-27-32-25-21(18-5-7-19(29)8-6-18)10-11-22(25)26(33-27)35-14-28(2,15-35)38-4/h5-9,12-13,16,21H,10-11,14-15H2,1-4H3,(H,31,32,33). The Bertz CT molecular complexity index is 1480. The van der Waals surface area contributed by atoms with E-state index < -0.39 is 0 Å². The van der Waals surface area contributed by atoms with Crippen LogP contribution < -0.4 is 15.0 Å². The fourth-order valence-electron chi connectivity index (χ4n) is 5.36. The van der Waals surface area contributed by atoms with Gasteiger partial charge in [-0.2, -0.15) is 10.1 Å². The molecule has 1 aliphatic heterocycles. The van der Waals surface area contributed by atoms with Crippen LogP contribution in [0.5, 0.6) is 5.75 Å². The number of anilines is 3. The zero-order valence-corrected chi connectivity index (χ0v) is 21.9. The molecule has 1 N–H and O–H groups in total. The molecule has 6 rings (SSSR count). The van der Waals surface area contributed by atoms with Gasteiger partial charge in [-0.05, 0) is 56.5 Å². The number of aromatic nitrogens is 5. The summed E-state index contributed by atoms with van der Waals surface area (Å²) >= 11 is 0. The summed E-state index contributed by atoms with van der Waals surface area (Å²) in [7, 11) is 3.37. The van der Waals surface area contributed by atoms with Crippen LogP contribution >= 0.6 is 0 Å². The van der Waals surface area contributed by atoms with Crippen LogP contribution in [0.3, 0.4) is 0 Å². The molecule has 1 saturated heterocycles. The minimum absolute atomic E-state index is 0.0791. The third kappa shape index (κ3) is 4.34. The highest BCUT2D eigenvalue weighted by atomic mass is 19.1. The summed E-state index contributed by atoms with van der Waals surface area (Å²) in [5, 5.41) is 7.78. The molecule has 0 saturated carbocycles. The lowest BCUT2D eigenvalue weighted by Gasteiger charge is -2.48. The second kappa shape index (κ2) is 9.36. The molecule has 196 valence electrons. The van der Waals surface area contributed by atoms with Crippen molar-refractivity contribution in [3.05, 3.63) is 77.3 Å². The average Bonchev–Trinajstić information content (AvgIpc) is 3.53. The van der Waals surface area contributed by atoms with E-state index in [0.717, 1.165) is 59.9 Å². The van der Waals surface area contributed by atoms with Gasteiger partial charge in [-0.25, -0.2) is 19.0 Å². The molecule has 1 unspecified atom stereocenters. The summed E-state index contributed by atoms with van der Waals surface area (Å²) < 4.78 is 26.7. The topological polar surface area (TPSA) is 90.2 Å². The molecule has 1 fully saturated rings. The zero-order valence-electron chi connectivity index (χ0n) is 21.9. The Morgan fingerprint density at radius 2 is 1.87 bits per heavy atom. The van der Waals surface area contributed by atoms with E-state index in [2.05, 4.69) is 27.2 Å². The number of fused-ring (bicyclic) bond motifs is 1. The van der Waals surface area contributed by atoms with E-state index in [1.54, 1.807) is 25.2 Å². The molecule has 0 spiro atoms. The number of nitrogens with one attached hydrogen (secondary N) is 1. The largest absolute Gasteiger partial charge is 0.494 e. The lowest BCUT2D eigenvalue weighted by atomic mass is 9.95. The van der Waals surface area contributed by atoms with Crippen molar-refractivity contribution in [2.45, 2.75) is 38.2 Å². The number of rotatable bonds is 7. The number of halogens is 1. The molecular weight excluding hydrogens is 485 g/mol. The molecule has 3 heterocycles. The Morgan fingerprint density at radius 1 is 1.08 bits per heavy atom. The smallest absolute Gasteiger partial charge is 0.229 e. The predicted octanol–water partition coefficient (Wildman–Crippen LogP) is 4.56. The molecular formula is C28H30FN7O2. The lowest BCUT2D eigenvalue weighted by molar-refractivity contribution is -0.0172. The van der Waals surface area contributed by atoms with Gasteiger partial charge in [0, 0.05) is 43.4 Å². The van der Waals surface area contributed by atoms with Gasteiger partial charge in [0.25, 0.3) is 0 Å². The molecule has 2 aromatic carbocycles. The maximum atomic E-state index is 13.6. The van der Waals surface area contributed by atoms with E-state index in [4.69, 9.17) is 19.4 Å². The zero-order chi connectivity index (χ0) is 26.4. The van der Waals surface area contributed by atoms with Crippen LogP contribution in [0.1, 0.15) is 41.9 Å². The first-order chi connectivity index (χ1) is 18.4. The highest BCUT2D eigenvalue weighted by molar-refractivity contribution is 5.65. The molecule has 2 aromatic heterocycles. The first-order valence-corrected chi connectivity index (χ1v) is 12.7. The van der Waals surface area contributed by atoms with Crippen LogP contribution in [0.25, 0.3) is 5.69 Å². The van der Waals surface area contributed by atoms with E-state index in [1.165, 1.54) is 12.1 Å². The second-order valence-electron chi connectivity index (χ2n) is 10.1. The molecule has 0 radical (unpaired) electrons. The van der Waals surface area contributed by atoms with Gasteiger partial charge >= 0.3 is 0 Å². The van der Waals surface area contributed by atoms with Crippen molar-refractivity contribution in [2.24, 2.45) is 0 Å². The minimum atomic E-state index is -0.240. The van der Waals surface area contributed by atoms with Gasteiger partial charge in [0.2, 0.25) is 5.95 Å². The van der Waals surface area contributed by atoms with Gasteiger partial charge in [0.15, 0.2) is 0 Å². The summed E-state index contributed by atoms with van der Waals surface area (Å²) in [6.07, 6.45) is 3.43. The molecule has 0 amide bonds. The summed E-state index contributed by atoms with van der Waals surface area (Å²) in [6, 6.07) is 12.5. The van der Waals surface area contributed by atoms with Gasteiger partial charge < -0.3 is 19.7 Å². The van der Waals surface area contributed by atoms with Crippen molar-refractivity contribution in [1.82, 2.24) is 24.7 Å². The molecule has 0 bridgehead atoms.